The molecular formula is C20H30ClNO2. The summed E-state index contributed by atoms with van der Waals surface area (Å²) in [5, 5.41) is 14.0. The number of fused-ring (bicyclic) bond motifs is 5. The van der Waals surface area contributed by atoms with Crippen LogP contribution in [-0.4, -0.2) is 31.4 Å². The lowest BCUT2D eigenvalue weighted by atomic mass is 9.55. The minimum Gasteiger partial charge on any atom is -0.497 e. The van der Waals surface area contributed by atoms with Gasteiger partial charge in [-0.1, -0.05) is 13.0 Å². The SMILES string of the molecule is CN[C@H]1[C@@H](O)C[C@H]2[C@@H]3CCc4cc(OC)ccc4[C@H]3CC[C@@]21C.Cl. The lowest BCUT2D eigenvalue weighted by molar-refractivity contribution is 0.0382. The fraction of sp³-hybridized carbons (Fsp3) is 0.700. The van der Waals surface area contributed by atoms with Crippen LogP contribution in [0.3, 0.4) is 0 Å². The van der Waals surface area contributed by atoms with E-state index in [1.165, 1.54) is 24.8 Å². The minimum absolute atomic E-state index is 0. The average Bonchev–Trinajstić information content (AvgIpc) is 2.83. The summed E-state index contributed by atoms with van der Waals surface area (Å²) in [5.74, 6) is 3.02. The van der Waals surface area contributed by atoms with Crippen molar-refractivity contribution >= 4 is 12.4 Å². The van der Waals surface area contributed by atoms with Crippen molar-refractivity contribution in [3.8, 4) is 5.75 Å². The normalized spacial score (nSPS) is 40.1. The van der Waals surface area contributed by atoms with Gasteiger partial charge in [0.2, 0.25) is 0 Å². The molecule has 0 unspecified atom stereocenters. The lowest BCUT2D eigenvalue weighted by Gasteiger charge is -2.50. The summed E-state index contributed by atoms with van der Waals surface area (Å²) in [5.41, 5.74) is 3.28. The average molecular weight is 352 g/mol. The van der Waals surface area contributed by atoms with Gasteiger partial charge in [0.05, 0.1) is 13.2 Å². The Morgan fingerprint density at radius 1 is 1.29 bits per heavy atom. The van der Waals surface area contributed by atoms with Crippen LogP contribution >= 0.6 is 12.4 Å². The number of nitrogens with one attached hydrogen (secondary N) is 1. The van der Waals surface area contributed by atoms with E-state index in [0.29, 0.717) is 11.8 Å². The fourth-order valence-corrected chi connectivity index (χ4v) is 6.22. The van der Waals surface area contributed by atoms with Gasteiger partial charge in [-0.15, -0.1) is 12.4 Å². The summed E-state index contributed by atoms with van der Waals surface area (Å²) in [7, 11) is 3.76. The first kappa shape index (κ1) is 18.0. The molecule has 0 saturated heterocycles. The summed E-state index contributed by atoms with van der Waals surface area (Å²) >= 11 is 0. The van der Waals surface area contributed by atoms with Gasteiger partial charge >= 0.3 is 0 Å². The molecule has 0 aliphatic heterocycles. The second-order valence-electron chi connectivity index (χ2n) is 8.09. The van der Waals surface area contributed by atoms with Crippen molar-refractivity contribution in [2.45, 2.75) is 57.1 Å². The summed E-state index contributed by atoms with van der Waals surface area (Å²) in [6, 6.07) is 6.91. The first-order chi connectivity index (χ1) is 11.1. The van der Waals surface area contributed by atoms with Crippen LogP contribution in [0.4, 0.5) is 0 Å². The van der Waals surface area contributed by atoms with Crippen molar-refractivity contribution < 1.29 is 9.84 Å². The predicted molar refractivity (Wildman–Crippen MR) is 99.1 cm³/mol. The van der Waals surface area contributed by atoms with Crippen molar-refractivity contribution in [2.24, 2.45) is 17.3 Å². The van der Waals surface area contributed by atoms with E-state index >= 15 is 0 Å². The highest BCUT2D eigenvalue weighted by Gasteiger charge is 2.57. The molecule has 3 nitrogen and oxygen atoms in total. The number of methoxy groups -OCH3 is 1. The molecule has 3 aliphatic carbocycles. The van der Waals surface area contributed by atoms with Gasteiger partial charge < -0.3 is 15.2 Å². The number of aryl methyl sites for hydroxylation is 1. The Morgan fingerprint density at radius 2 is 2.08 bits per heavy atom. The first-order valence-electron chi connectivity index (χ1n) is 9.10. The van der Waals surface area contributed by atoms with Crippen molar-refractivity contribution in [3.63, 3.8) is 0 Å². The van der Waals surface area contributed by atoms with Gasteiger partial charge in [-0.2, -0.15) is 0 Å². The van der Waals surface area contributed by atoms with Crippen molar-refractivity contribution in [1.29, 1.82) is 0 Å². The molecule has 3 aliphatic rings. The van der Waals surface area contributed by atoms with Gasteiger partial charge in [0, 0.05) is 6.04 Å². The molecule has 2 fully saturated rings. The molecule has 4 rings (SSSR count). The van der Waals surface area contributed by atoms with Crippen molar-refractivity contribution in [2.75, 3.05) is 14.2 Å². The van der Waals surface area contributed by atoms with Gasteiger partial charge in [0.25, 0.3) is 0 Å². The van der Waals surface area contributed by atoms with Gasteiger partial charge in [-0.3, -0.25) is 0 Å². The highest BCUT2D eigenvalue weighted by molar-refractivity contribution is 5.85. The number of ether oxygens (including phenoxy) is 1. The summed E-state index contributed by atoms with van der Waals surface area (Å²) in [4.78, 5) is 0. The molecule has 2 N–H and O–H groups in total. The Hall–Kier alpha value is -0.770. The summed E-state index contributed by atoms with van der Waals surface area (Å²) < 4.78 is 5.40. The second-order valence-corrected chi connectivity index (χ2v) is 8.09. The molecule has 0 amide bonds. The molecule has 0 radical (unpaired) electrons. The number of hydrogen-bond donors (Lipinski definition) is 2. The van der Waals surface area contributed by atoms with Crippen LogP contribution in [0.25, 0.3) is 0 Å². The van der Waals surface area contributed by atoms with E-state index in [2.05, 4.69) is 30.4 Å². The minimum atomic E-state index is -0.189. The summed E-state index contributed by atoms with van der Waals surface area (Å²) in [6.07, 6.45) is 5.66. The van der Waals surface area contributed by atoms with E-state index in [1.54, 1.807) is 12.7 Å². The fourth-order valence-electron chi connectivity index (χ4n) is 6.22. The van der Waals surface area contributed by atoms with E-state index in [0.717, 1.165) is 24.5 Å². The standard InChI is InChI=1S/C20H29NO2.ClH/c1-20-9-8-15-14-7-5-13(23-3)10-12(14)4-6-16(15)17(20)11-18(22)19(20)21-2;/h5,7,10,15-19,21-22H,4,6,8-9,11H2,1-3H3;1H/t15-,16-,17+,18+,19+,20+;/m1./s1. The molecule has 1 aromatic rings. The van der Waals surface area contributed by atoms with E-state index in [9.17, 15) is 5.11 Å². The van der Waals surface area contributed by atoms with Gasteiger partial charge in [0.1, 0.15) is 5.75 Å². The maximum absolute atomic E-state index is 10.6. The number of likely N-dealkylation sites (N-methyl/N-ethyl adjacent to an activating group) is 1. The highest BCUT2D eigenvalue weighted by Crippen LogP contribution is 2.60. The van der Waals surface area contributed by atoms with Crippen LogP contribution in [0.15, 0.2) is 18.2 Å². The number of aliphatic hydroxyl groups excluding tert-OH is 1. The van der Waals surface area contributed by atoms with Gasteiger partial charge in [0.15, 0.2) is 0 Å². The smallest absolute Gasteiger partial charge is 0.119 e. The van der Waals surface area contributed by atoms with Gasteiger partial charge in [-0.05, 0) is 85.6 Å². The number of aliphatic hydroxyl groups is 1. The molecule has 1 aromatic carbocycles. The highest BCUT2D eigenvalue weighted by atomic mass is 35.5. The van der Waals surface area contributed by atoms with Crippen LogP contribution in [0.5, 0.6) is 5.75 Å². The van der Waals surface area contributed by atoms with E-state index in [-0.39, 0.29) is 30.0 Å². The monoisotopic (exact) mass is 351 g/mol. The number of hydrogen-bond acceptors (Lipinski definition) is 3. The van der Waals surface area contributed by atoms with E-state index in [1.807, 2.05) is 7.05 Å². The van der Waals surface area contributed by atoms with E-state index in [4.69, 9.17) is 4.74 Å². The zero-order chi connectivity index (χ0) is 16.2. The van der Waals surface area contributed by atoms with Crippen LogP contribution in [0.1, 0.15) is 49.7 Å². The molecular weight excluding hydrogens is 322 g/mol. The van der Waals surface area contributed by atoms with Crippen LogP contribution < -0.4 is 10.1 Å². The molecule has 0 aromatic heterocycles. The van der Waals surface area contributed by atoms with E-state index < -0.39 is 0 Å². The van der Waals surface area contributed by atoms with Gasteiger partial charge in [-0.25, -0.2) is 0 Å². The maximum atomic E-state index is 10.6. The van der Waals surface area contributed by atoms with Crippen molar-refractivity contribution in [1.82, 2.24) is 5.32 Å². The quantitative estimate of drug-likeness (QED) is 0.856. The molecule has 134 valence electrons. The third-order valence-electron chi connectivity index (χ3n) is 7.27. The Morgan fingerprint density at radius 3 is 2.79 bits per heavy atom. The largest absolute Gasteiger partial charge is 0.497 e. The Bertz CT molecular complexity index is 607. The Kier molecular flexibility index (Phi) is 4.89. The molecule has 0 bridgehead atoms. The predicted octanol–water partition coefficient (Wildman–Crippen LogP) is 3.53. The number of rotatable bonds is 2. The molecule has 24 heavy (non-hydrogen) atoms. The van der Waals surface area contributed by atoms with Crippen molar-refractivity contribution in [3.05, 3.63) is 29.3 Å². The second kappa shape index (κ2) is 6.51. The van der Waals surface area contributed by atoms with Crippen LogP contribution in [-0.2, 0) is 6.42 Å². The molecule has 2 saturated carbocycles. The molecule has 0 heterocycles. The Labute approximate surface area is 151 Å². The van der Waals surface area contributed by atoms with Crippen LogP contribution in [0, 0.1) is 17.3 Å². The zero-order valence-electron chi connectivity index (χ0n) is 14.9. The lowest BCUT2D eigenvalue weighted by Crippen LogP contribution is -2.49. The maximum Gasteiger partial charge on any atom is 0.119 e. The topological polar surface area (TPSA) is 41.5 Å². The zero-order valence-corrected chi connectivity index (χ0v) is 15.7. The molecule has 0 spiro atoms. The molecule has 6 atom stereocenters. The van der Waals surface area contributed by atoms with Crippen LogP contribution in [0.2, 0.25) is 0 Å². The number of halogens is 1. The first-order valence-corrected chi connectivity index (χ1v) is 9.10. The third-order valence-corrected chi connectivity index (χ3v) is 7.27. The summed E-state index contributed by atoms with van der Waals surface area (Å²) in [6.45, 7) is 2.41. The number of benzene rings is 1. The molecule has 4 heteroatoms. The Balaban J connectivity index is 0.00000169. The third kappa shape index (κ3) is 2.48.